The Balaban J connectivity index is 1.70. The fourth-order valence-corrected chi connectivity index (χ4v) is 3.40. The lowest BCUT2D eigenvalue weighted by Gasteiger charge is -2.31. The minimum absolute atomic E-state index is 0.260. The average molecular weight is 443 g/mol. The molecule has 0 bridgehead atoms. The van der Waals surface area contributed by atoms with Gasteiger partial charge in [0.2, 0.25) is 11.9 Å². The lowest BCUT2D eigenvalue weighted by Crippen LogP contribution is -2.32. The van der Waals surface area contributed by atoms with Crippen LogP contribution in [0.2, 0.25) is 0 Å². The Bertz CT molecular complexity index is 1200. The van der Waals surface area contributed by atoms with Gasteiger partial charge in [0.05, 0.1) is 19.9 Å². The van der Waals surface area contributed by atoms with Gasteiger partial charge in [-0.05, 0) is 54.5 Å². The highest BCUT2D eigenvalue weighted by atomic mass is 16.5. The first kappa shape index (κ1) is 22.0. The Morgan fingerprint density at radius 1 is 1.18 bits per heavy atom. The highest BCUT2D eigenvalue weighted by Gasteiger charge is 2.25. The predicted octanol–water partition coefficient (Wildman–Crippen LogP) is 5.23. The van der Waals surface area contributed by atoms with E-state index in [1.54, 1.807) is 13.3 Å². The van der Waals surface area contributed by atoms with Crippen LogP contribution in [0.25, 0.3) is 0 Å². The van der Waals surface area contributed by atoms with Gasteiger partial charge in [0.15, 0.2) is 5.82 Å². The summed E-state index contributed by atoms with van der Waals surface area (Å²) in [4.78, 5) is 27.9. The number of benzene rings is 2. The summed E-state index contributed by atoms with van der Waals surface area (Å²) in [6.07, 6.45) is 2.98. The van der Waals surface area contributed by atoms with Gasteiger partial charge in [-0.25, -0.2) is 4.98 Å². The standard InChI is InChI=1S/C25H26N6O2/c1-5-23(32)27-18-7-6-8-19(13-18)31-15-22(16(2)3)29-21-14-26-25(30-24(21)31)28-17-9-11-20(33-4)12-10-17/h5-14,16H,1,15H2,2-4H3,(H,27,32)(H,26,28,30). The topological polar surface area (TPSA) is 91.7 Å². The highest BCUT2D eigenvalue weighted by molar-refractivity contribution is 6.00. The summed E-state index contributed by atoms with van der Waals surface area (Å²) in [5, 5.41) is 6.05. The molecule has 0 saturated carbocycles. The molecule has 2 heterocycles. The number of nitrogens with zero attached hydrogens (tertiary/aromatic N) is 4. The minimum Gasteiger partial charge on any atom is -0.497 e. The minimum atomic E-state index is -0.260. The van der Waals surface area contributed by atoms with Crippen molar-refractivity contribution in [3.8, 4) is 5.75 Å². The van der Waals surface area contributed by atoms with Crippen molar-refractivity contribution in [1.82, 2.24) is 9.97 Å². The van der Waals surface area contributed by atoms with Crippen molar-refractivity contribution in [2.75, 3.05) is 29.2 Å². The molecule has 1 amide bonds. The Morgan fingerprint density at radius 3 is 2.67 bits per heavy atom. The molecule has 0 saturated heterocycles. The van der Waals surface area contributed by atoms with Gasteiger partial charge in [-0.1, -0.05) is 26.5 Å². The number of aromatic nitrogens is 2. The van der Waals surface area contributed by atoms with Crippen molar-refractivity contribution in [2.24, 2.45) is 10.9 Å². The lowest BCUT2D eigenvalue weighted by atomic mass is 10.1. The van der Waals surface area contributed by atoms with Crippen molar-refractivity contribution in [3.05, 3.63) is 67.4 Å². The zero-order valence-electron chi connectivity index (χ0n) is 18.9. The van der Waals surface area contributed by atoms with Crippen LogP contribution in [0.1, 0.15) is 13.8 Å². The van der Waals surface area contributed by atoms with Crippen molar-refractivity contribution < 1.29 is 9.53 Å². The predicted molar refractivity (Wildman–Crippen MR) is 133 cm³/mol. The second kappa shape index (κ2) is 9.52. The van der Waals surface area contributed by atoms with Crippen LogP contribution in [0.4, 0.5) is 34.5 Å². The molecule has 3 aromatic rings. The lowest BCUT2D eigenvalue weighted by molar-refractivity contribution is -0.111. The fraction of sp³-hybridized carbons (Fsp3) is 0.200. The van der Waals surface area contributed by atoms with Crippen LogP contribution in [0.5, 0.6) is 5.75 Å². The summed E-state index contributed by atoms with van der Waals surface area (Å²) in [5.74, 6) is 1.93. The first-order chi connectivity index (χ1) is 16.0. The van der Waals surface area contributed by atoms with Gasteiger partial charge in [0, 0.05) is 22.8 Å². The van der Waals surface area contributed by atoms with E-state index in [4.69, 9.17) is 14.7 Å². The molecule has 0 spiro atoms. The third kappa shape index (κ3) is 5.01. The molecule has 1 aliphatic heterocycles. The van der Waals surface area contributed by atoms with Gasteiger partial charge in [-0.3, -0.25) is 9.79 Å². The molecule has 1 aromatic heterocycles. The molecule has 168 valence electrons. The number of hydrogen-bond donors (Lipinski definition) is 2. The SMILES string of the molecule is C=CC(=O)Nc1cccc(N2CC(C(C)C)=Nc3cnc(Nc4ccc(OC)cc4)nc32)c1. The number of rotatable bonds is 7. The zero-order valence-corrected chi connectivity index (χ0v) is 18.9. The number of methoxy groups -OCH3 is 1. The van der Waals surface area contributed by atoms with Gasteiger partial charge in [-0.15, -0.1) is 0 Å². The molecule has 0 aliphatic carbocycles. The highest BCUT2D eigenvalue weighted by Crippen LogP contribution is 2.37. The van der Waals surface area contributed by atoms with Crippen LogP contribution in [0.15, 0.2) is 72.4 Å². The molecule has 4 rings (SSSR count). The van der Waals surface area contributed by atoms with Crippen molar-refractivity contribution in [1.29, 1.82) is 0 Å². The van der Waals surface area contributed by atoms with Crippen molar-refractivity contribution in [3.63, 3.8) is 0 Å². The van der Waals surface area contributed by atoms with E-state index < -0.39 is 0 Å². The Kier molecular flexibility index (Phi) is 6.35. The fourth-order valence-electron chi connectivity index (χ4n) is 3.40. The van der Waals surface area contributed by atoms with Crippen LogP contribution >= 0.6 is 0 Å². The molecule has 2 N–H and O–H groups in total. The van der Waals surface area contributed by atoms with E-state index in [1.807, 2.05) is 48.5 Å². The summed E-state index contributed by atoms with van der Waals surface area (Å²) in [6.45, 7) is 8.33. The van der Waals surface area contributed by atoms with Crippen LogP contribution < -0.4 is 20.3 Å². The number of ether oxygens (including phenoxy) is 1. The largest absolute Gasteiger partial charge is 0.497 e. The quantitative estimate of drug-likeness (QED) is 0.487. The summed E-state index contributed by atoms with van der Waals surface area (Å²) < 4.78 is 5.21. The number of hydrogen-bond acceptors (Lipinski definition) is 7. The van der Waals surface area contributed by atoms with E-state index in [0.29, 0.717) is 29.7 Å². The summed E-state index contributed by atoms with van der Waals surface area (Å²) in [6, 6.07) is 15.2. The maximum atomic E-state index is 11.8. The number of nitrogens with one attached hydrogen (secondary N) is 2. The number of carbonyl (C=O) groups is 1. The third-order valence-electron chi connectivity index (χ3n) is 5.21. The van der Waals surface area contributed by atoms with Crippen LogP contribution in [-0.4, -0.2) is 35.2 Å². The summed E-state index contributed by atoms with van der Waals surface area (Å²) in [7, 11) is 1.63. The zero-order chi connectivity index (χ0) is 23.4. The molecule has 0 atom stereocenters. The first-order valence-electron chi connectivity index (χ1n) is 10.6. The van der Waals surface area contributed by atoms with Crippen molar-refractivity contribution >= 4 is 46.1 Å². The molecule has 0 unspecified atom stereocenters. The van der Waals surface area contributed by atoms with E-state index in [0.717, 1.165) is 22.8 Å². The summed E-state index contributed by atoms with van der Waals surface area (Å²) in [5.41, 5.74) is 4.14. The Labute approximate surface area is 193 Å². The number of aliphatic imine (C=N–C) groups is 1. The second-order valence-corrected chi connectivity index (χ2v) is 7.84. The smallest absolute Gasteiger partial charge is 0.247 e. The molecule has 8 nitrogen and oxygen atoms in total. The summed E-state index contributed by atoms with van der Waals surface area (Å²) >= 11 is 0. The molecule has 2 aromatic carbocycles. The molecule has 8 heteroatoms. The van der Waals surface area contributed by atoms with Crippen molar-refractivity contribution in [2.45, 2.75) is 13.8 Å². The maximum absolute atomic E-state index is 11.8. The van der Waals surface area contributed by atoms with E-state index in [9.17, 15) is 4.79 Å². The Hall–Kier alpha value is -4.20. The number of fused-ring (bicyclic) bond motifs is 1. The van der Waals surface area contributed by atoms with E-state index in [1.165, 1.54) is 6.08 Å². The molecule has 33 heavy (non-hydrogen) atoms. The van der Waals surface area contributed by atoms with E-state index in [2.05, 4.69) is 40.9 Å². The number of anilines is 5. The second-order valence-electron chi connectivity index (χ2n) is 7.84. The number of carbonyl (C=O) groups excluding carboxylic acids is 1. The number of amides is 1. The van der Waals surface area contributed by atoms with Gasteiger partial charge in [-0.2, -0.15) is 4.98 Å². The maximum Gasteiger partial charge on any atom is 0.247 e. The average Bonchev–Trinajstić information content (AvgIpc) is 2.83. The van der Waals surface area contributed by atoms with Crippen LogP contribution in [0.3, 0.4) is 0 Å². The molecule has 0 fully saturated rings. The van der Waals surface area contributed by atoms with Crippen LogP contribution in [0, 0.1) is 5.92 Å². The molecule has 0 radical (unpaired) electrons. The monoisotopic (exact) mass is 442 g/mol. The van der Waals surface area contributed by atoms with E-state index in [-0.39, 0.29) is 11.8 Å². The normalized spacial score (nSPS) is 12.6. The van der Waals surface area contributed by atoms with Gasteiger partial charge in [0.1, 0.15) is 11.4 Å². The third-order valence-corrected chi connectivity index (χ3v) is 5.21. The Morgan fingerprint density at radius 2 is 1.97 bits per heavy atom. The molecule has 1 aliphatic rings. The molecular weight excluding hydrogens is 416 g/mol. The van der Waals surface area contributed by atoms with Gasteiger partial charge < -0.3 is 20.3 Å². The van der Waals surface area contributed by atoms with Gasteiger partial charge in [0.25, 0.3) is 0 Å². The van der Waals surface area contributed by atoms with Crippen LogP contribution in [-0.2, 0) is 4.79 Å². The molecular formula is C25H26N6O2. The van der Waals surface area contributed by atoms with E-state index >= 15 is 0 Å². The van der Waals surface area contributed by atoms with Gasteiger partial charge >= 0.3 is 0 Å². The first-order valence-corrected chi connectivity index (χ1v) is 10.6.